The fraction of sp³-hybridized carbons (Fsp3) is 0.733. The van der Waals surface area contributed by atoms with Gasteiger partial charge in [-0.1, -0.05) is 6.92 Å². The molecule has 1 saturated carbocycles. The van der Waals surface area contributed by atoms with Crippen LogP contribution in [0.25, 0.3) is 0 Å². The number of ether oxygens (including phenoxy) is 1. The molecule has 1 aromatic heterocycles. The smallest absolute Gasteiger partial charge is 0.0892 e. The molecule has 1 aliphatic rings. The van der Waals surface area contributed by atoms with E-state index in [-0.39, 0.29) is 11.6 Å². The maximum atomic E-state index is 6.20. The Balaban J connectivity index is 2.26. The van der Waals surface area contributed by atoms with Crippen LogP contribution >= 0.6 is 0 Å². The van der Waals surface area contributed by atoms with Crippen LogP contribution in [0.5, 0.6) is 0 Å². The molecule has 4 nitrogen and oxygen atoms in total. The van der Waals surface area contributed by atoms with Gasteiger partial charge in [0.05, 0.1) is 23.5 Å². The van der Waals surface area contributed by atoms with E-state index in [1.165, 1.54) is 12.8 Å². The van der Waals surface area contributed by atoms with Crippen LogP contribution in [0, 0.1) is 5.92 Å². The first-order chi connectivity index (χ1) is 9.22. The fourth-order valence-corrected chi connectivity index (χ4v) is 3.19. The van der Waals surface area contributed by atoms with E-state index in [1.807, 2.05) is 13.2 Å². The van der Waals surface area contributed by atoms with E-state index in [1.54, 1.807) is 12.4 Å². The quantitative estimate of drug-likeness (QED) is 0.887. The average molecular weight is 263 g/mol. The zero-order valence-electron chi connectivity index (χ0n) is 12.2. The minimum Gasteiger partial charge on any atom is -0.373 e. The number of nitrogens with one attached hydrogen (secondary N) is 1. The lowest BCUT2D eigenvalue weighted by Gasteiger charge is -2.44. The van der Waals surface area contributed by atoms with Crippen molar-refractivity contribution < 1.29 is 4.74 Å². The Labute approximate surface area is 116 Å². The van der Waals surface area contributed by atoms with Crippen LogP contribution in [-0.4, -0.2) is 29.2 Å². The Bertz CT molecular complexity index is 374. The summed E-state index contributed by atoms with van der Waals surface area (Å²) in [6.07, 6.45) is 9.93. The van der Waals surface area contributed by atoms with E-state index < -0.39 is 0 Å². The third-order valence-electron chi connectivity index (χ3n) is 4.25. The molecule has 106 valence electrons. The Morgan fingerprint density at radius 3 is 2.68 bits per heavy atom. The zero-order chi connectivity index (χ0) is 13.7. The lowest BCUT2D eigenvalue weighted by molar-refractivity contribution is -0.0971. The highest BCUT2D eigenvalue weighted by Crippen LogP contribution is 2.42. The molecule has 0 amide bonds. The van der Waals surface area contributed by atoms with E-state index in [0.29, 0.717) is 0 Å². The molecule has 0 aromatic carbocycles. The van der Waals surface area contributed by atoms with E-state index in [9.17, 15) is 0 Å². The number of aromatic nitrogens is 2. The summed E-state index contributed by atoms with van der Waals surface area (Å²) < 4.78 is 6.20. The van der Waals surface area contributed by atoms with Crippen LogP contribution in [0.2, 0.25) is 0 Å². The summed E-state index contributed by atoms with van der Waals surface area (Å²) in [5, 5.41) is 3.40. The maximum absolute atomic E-state index is 6.20. The summed E-state index contributed by atoms with van der Waals surface area (Å²) in [5.74, 6) is 0.799. The van der Waals surface area contributed by atoms with Crippen molar-refractivity contribution in [1.82, 2.24) is 15.3 Å². The summed E-state index contributed by atoms with van der Waals surface area (Å²) in [5.41, 5.74) is 0.847. The molecule has 4 heteroatoms. The molecular formula is C15H25N3O. The molecule has 0 aliphatic heterocycles. The van der Waals surface area contributed by atoms with Crippen molar-refractivity contribution in [3.8, 4) is 0 Å². The second-order valence-electron chi connectivity index (χ2n) is 5.53. The summed E-state index contributed by atoms with van der Waals surface area (Å²) in [7, 11) is 1.98. The van der Waals surface area contributed by atoms with Crippen molar-refractivity contribution >= 4 is 0 Å². The van der Waals surface area contributed by atoms with Gasteiger partial charge in [0.15, 0.2) is 0 Å². The molecule has 1 unspecified atom stereocenters. The van der Waals surface area contributed by atoms with Crippen LogP contribution in [0.1, 0.15) is 51.3 Å². The number of hydrogen-bond donors (Lipinski definition) is 1. The molecule has 1 aliphatic carbocycles. The Kier molecular flexibility index (Phi) is 4.88. The van der Waals surface area contributed by atoms with E-state index in [0.717, 1.165) is 31.1 Å². The van der Waals surface area contributed by atoms with Gasteiger partial charge in [0.25, 0.3) is 0 Å². The van der Waals surface area contributed by atoms with Crippen molar-refractivity contribution in [3.63, 3.8) is 0 Å². The zero-order valence-corrected chi connectivity index (χ0v) is 12.2. The molecule has 1 aromatic rings. The lowest BCUT2D eigenvalue weighted by atomic mass is 9.74. The molecule has 0 radical (unpaired) electrons. The average Bonchev–Trinajstić information content (AvgIpc) is 2.44. The first-order valence-electron chi connectivity index (χ1n) is 7.29. The molecule has 1 atom stereocenters. The van der Waals surface area contributed by atoms with Gasteiger partial charge in [0.2, 0.25) is 0 Å². The first kappa shape index (κ1) is 14.4. The Morgan fingerprint density at radius 1 is 1.42 bits per heavy atom. The normalized spacial score (nSPS) is 29.1. The molecule has 1 heterocycles. The van der Waals surface area contributed by atoms with E-state index in [2.05, 4.69) is 29.1 Å². The third-order valence-corrected chi connectivity index (χ3v) is 4.25. The van der Waals surface area contributed by atoms with Crippen LogP contribution in [0.15, 0.2) is 18.6 Å². The van der Waals surface area contributed by atoms with Crippen molar-refractivity contribution in [2.75, 3.05) is 13.7 Å². The van der Waals surface area contributed by atoms with Crippen molar-refractivity contribution in [2.45, 2.75) is 51.2 Å². The van der Waals surface area contributed by atoms with Gasteiger partial charge in [-0.15, -0.1) is 0 Å². The van der Waals surface area contributed by atoms with Crippen molar-refractivity contribution in [2.24, 2.45) is 5.92 Å². The highest BCUT2D eigenvalue weighted by atomic mass is 16.5. The monoisotopic (exact) mass is 263 g/mol. The van der Waals surface area contributed by atoms with Crippen LogP contribution in [-0.2, 0) is 4.74 Å². The summed E-state index contributed by atoms with van der Waals surface area (Å²) in [6.45, 7) is 5.14. The van der Waals surface area contributed by atoms with Gasteiger partial charge < -0.3 is 10.1 Å². The predicted molar refractivity (Wildman–Crippen MR) is 75.8 cm³/mol. The Morgan fingerprint density at radius 2 is 2.16 bits per heavy atom. The van der Waals surface area contributed by atoms with E-state index in [4.69, 9.17) is 4.74 Å². The number of hydrogen-bond acceptors (Lipinski definition) is 4. The SMILES string of the molecule is CCOC1(C(NC)c2cnccn2)CCC(C)CC1. The van der Waals surface area contributed by atoms with Crippen molar-refractivity contribution in [3.05, 3.63) is 24.3 Å². The maximum Gasteiger partial charge on any atom is 0.0892 e. The van der Waals surface area contributed by atoms with Gasteiger partial charge >= 0.3 is 0 Å². The second kappa shape index (κ2) is 6.44. The molecule has 0 saturated heterocycles. The molecule has 1 fully saturated rings. The predicted octanol–water partition coefficient (Wildman–Crippen LogP) is 2.72. The second-order valence-corrected chi connectivity index (χ2v) is 5.53. The van der Waals surface area contributed by atoms with Gasteiger partial charge in [-0.05, 0) is 45.6 Å². The Hall–Kier alpha value is -1.00. The van der Waals surface area contributed by atoms with Crippen LogP contribution < -0.4 is 5.32 Å². The minimum atomic E-state index is -0.133. The molecule has 2 rings (SSSR count). The molecular weight excluding hydrogens is 238 g/mol. The summed E-state index contributed by atoms with van der Waals surface area (Å²) in [6, 6.07) is 0.119. The topological polar surface area (TPSA) is 47.0 Å². The summed E-state index contributed by atoms with van der Waals surface area (Å²) >= 11 is 0. The lowest BCUT2D eigenvalue weighted by Crippen LogP contribution is -2.48. The van der Waals surface area contributed by atoms with E-state index >= 15 is 0 Å². The minimum absolute atomic E-state index is 0.119. The number of rotatable bonds is 5. The van der Waals surface area contributed by atoms with Gasteiger partial charge in [-0.2, -0.15) is 0 Å². The first-order valence-corrected chi connectivity index (χ1v) is 7.29. The number of nitrogens with zero attached hydrogens (tertiary/aromatic N) is 2. The van der Waals surface area contributed by atoms with Crippen LogP contribution in [0.3, 0.4) is 0 Å². The molecule has 1 N–H and O–H groups in total. The molecule has 0 bridgehead atoms. The standard InChI is InChI=1S/C15H25N3O/c1-4-19-15(7-5-12(2)6-8-15)14(16-3)13-11-17-9-10-18-13/h9-12,14,16H,4-8H2,1-3H3. The van der Waals surface area contributed by atoms with Gasteiger partial charge in [0.1, 0.15) is 0 Å². The highest BCUT2D eigenvalue weighted by Gasteiger charge is 2.42. The summed E-state index contributed by atoms with van der Waals surface area (Å²) in [4.78, 5) is 8.66. The van der Waals surface area contributed by atoms with Crippen LogP contribution in [0.4, 0.5) is 0 Å². The van der Waals surface area contributed by atoms with Gasteiger partial charge in [0, 0.05) is 19.0 Å². The number of likely N-dealkylation sites (N-methyl/N-ethyl adjacent to an activating group) is 1. The third kappa shape index (κ3) is 3.12. The van der Waals surface area contributed by atoms with Crippen molar-refractivity contribution in [1.29, 1.82) is 0 Å². The van der Waals surface area contributed by atoms with Gasteiger partial charge in [-0.25, -0.2) is 0 Å². The molecule has 19 heavy (non-hydrogen) atoms. The largest absolute Gasteiger partial charge is 0.373 e. The molecule has 0 spiro atoms. The fourth-order valence-electron chi connectivity index (χ4n) is 3.19. The highest BCUT2D eigenvalue weighted by molar-refractivity contribution is 5.11. The van der Waals surface area contributed by atoms with Gasteiger partial charge in [-0.3, -0.25) is 9.97 Å².